The number of aromatic nitrogens is 5. The number of hydrogen-bond donors (Lipinski definition) is 2. The van der Waals surface area contributed by atoms with E-state index in [4.69, 9.17) is 0 Å². The van der Waals surface area contributed by atoms with E-state index in [2.05, 4.69) is 30.8 Å². The van der Waals surface area contributed by atoms with E-state index >= 15 is 0 Å². The van der Waals surface area contributed by atoms with Gasteiger partial charge < -0.3 is 15.2 Å². The monoisotopic (exact) mass is 435 g/mol. The van der Waals surface area contributed by atoms with Gasteiger partial charge in [-0.3, -0.25) is 4.79 Å². The van der Waals surface area contributed by atoms with Crippen LogP contribution in [0.3, 0.4) is 0 Å². The highest BCUT2D eigenvalue weighted by molar-refractivity contribution is 5.95. The van der Waals surface area contributed by atoms with E-state index in [0.717, 1.165) is 12.1 Å². The number of amides is 1. The van der Waals surface area contributed by atoms with Crippen molar-refractivity contribution in [1.29, 1.82) is 0 Å². The lowest BCUT2D eigenvalue weighted by Gasteiger charge is -2.10. The van der Waals surface area contributed by atoms with Crippen LogP contribution < -0.4 is 10.6 Å². The van der Waals surface area contributed by atoms with Gasteiger partial charge in [0, 0.05) is 42.7 Å². The van der Waals surface area contributed by atoms with E-state index < -0.39 is 11.6 Å². The molecule has 0 spiro atoms. The molecule has 4 aromatic rings. The molecule has 0 saturated carbocycles. The Morgan fingerprint density at radius 1 is 1.06 bits per heavy atom. The smallest absolute Gasteiger partial charge is 0.251 e. The Balaban J connectivity index is 1.39. The van der Waals surface area contributed by atoms with Crippen LogP contribution in [0.1, 0.15) is 21.7 Å². The molecule has 162 valence electrons. The molecule has 8 nitrogen and oxygen atoms in total. The first-order chi connectivity index (χ1) is 15.5. The average Bonchev–Trinajstić information content (AvgIpc) is 3.18. The third-order valence-corrected chi connectivity index (χ3v) is 4.81. The van der Waals surface area contributed by atoms with Crippen molar-refractivity contribution in [3.8, 4) is 11.5 Å². The maximum Gasteiger partial charge on any atom is 0.251 e. The molecule has 1 amide bonds. The number of benzene rings is 2. The van der Waals surface area contributed by atoms with Crippen molar-refractivity contribution in [3.05, 3.63) is 89.6 Å². The minimum atomic E-state index is -0.703. The number of rotatable bonds is 7. The second-order valence-corrected chi connectivity index (χ2v) is 6.95. The normalized spacial score (nSPS) is 10.7. The van der Waals surface area contributed by atoms with E-state index in [1.165, 1.54) is 12.4 Å². The fourth-order valence-corrected chi connectivity index (χ4v) is 3.06. The Labute approximate surface area is 182 Å². The number of carbonyl (C=O) groups is 1. The molecule has 2 heterocycles. The molecule has 0 unspecified atom stereocenters. The molecule has 32 heavy (non-hydrogen) atoms. The largest absolute Gasteiger partial charge is 0.378 e. The standard InChI is InChI=1S/C22H19F2N7O/c1-31-20(29-30-21(31)19-7-8-25-13-28-19)12-26-17-4-2-3-14(9-17)22(32)27-11-15-5-6-16(23)10-18(15)24/h2-10,13,26H,11-12H2,1H3,(H,27,32). The van der Waals surface area contributed by atoms with Gasteiger partial charge in [-0.05, 0) is 30.3 Å². The van der Waals surface area contributed by atoms with Crippen molar-refractivity contribution in [2.75, 3.05) is 5.32 Å². The number of carbonyl (C=O) groups excluding carboxylic acids is 1. The molecule has 10 heteroatoms. The first-order valence-electron chi connectivity index (χ1n) is 9.72. The zero-order valence-corrected chi connectivity index (χ0v) is 17.1. The summed E-state index contributed by atoms with van der Waals surface area (Å²) in [4.78, 5) is 20.5. The Kier molecular flexibility index (Phi) is 6.11. The zero-order valence-electron chi connectivity index (χ0n) is 17.1. The van der Waals surface area contributed by atoms with Gasteiger partial charge >= 0.3 is 0 Å². The maximum atomic E-state index is 13.8. The molecular weight excluding hydrogens is 416 g/mol. The van der Waals surface area contributed by atoms with E-state index in [0.29, 0.717) is 35.1 Å². The predicted molar refractivity (Wildman–Crippen MR) is 113 cm³/mol. The van der Waals surface area contributed by atoms with Crippen LogP contribution in [0.15, 0.2) is 61.1 Å². The molecule has 0 fully saturated rings. The van der Waals surface area contributed by atoms with Crippen molar-refractivity contribution >= 4 is 11.6 Å². The molecule has 0 aliphatic heterocycles. The molecule has 0 radical (unpaired) electrons. The minimum absolute atomic E-state index is 0.0483. The molecule has 0 saturated heterocycles. The number of nitrogens with one attached hydrogen (secondary N) is 2. The summed E-state index contributed by atoms with van der Waals surface area (Å²) in [6.07, 6.45) is 3.08. The van der Waals surface area contributed by atoms with E-state index in [-0.39, 0.29) is 18.0 Å². The molecule has 2 aromatic carbocycles. The van der Waals surface area contributed by atoms with E-state index in [9.17, 15) is 13.6 Å². The van der Waals surface area contributed by atoms with Gasteiger partial charge in [0.2, 0.25) is 0 Å². The Bertz CT molecular complexity index is 1240. The van der Waals surface area contributed by atoms with Gasteiger partial charge in [-0.25, -0.2) is 18.7 Å². The second-order valence-electron chi connectivity index (χ2n) is 6.95. The molecule has 0 bridgehead atoms. The number of anilines is 1. The quantitative estimate of drug-likeness (QED) is 0.463. The summed E-state index contributed by atoms with van der Waals surface area (Å²) in [5, 5.41) is 14.2. The van der Waals surface area contributed by atoms with Crippen LogP contribution in [-0.2, 0) is 20.1 Å². The van der Waals surface area contributed by atoms with Crippen LogP contribution in [0.5, 0.6) is 0 Å². The van der Waals surface area contributed by atoms with Crippen LogP contribution in [0, 0.1) is 11.6 Å². The van der Waals surface area contributed by atoms with Gasteiger partial charge in [0.1, 0.15) is 23.7 Å². The molecule has 0 atom stereocenters. The Hall–Kier alpha value is -4.21. The van der Waals surface area contributed by atoms with Gasteiger partial charge in [0.05, 0.1) is 6.54 Å². The Morgan fingerprint density at radius 2 is 1.94 bits per heavy atom. The Morgan fingerprint density at radius 3 is 2.72 bits per heavy atom. The van der Waals surface area contributed by atoms with Crippen LogP contribution >= 0.6 is 0 Å². The highest BCUT2D eigenvalue weighted by Gasteiger charge is 2.12. The molecule has 2 aromatic heterocycles. The highest BCUT2D eigenvalue weighted by Crippen LogP contribution is 2.16. The van der Waals surface area contributed by atoms with E-state index in [1.807, 2.05) is 17.7 Å². The molecule has 0 aliphatic rings. The van der Waals surface area contributed by atoms with Gasteiger partial charge in [-0.15, -0.1) is 10.2 Å². The summed E-state index contributed by atoms with van der Waals surface area (Å²) in [6.45, 7) is 0.327. The number of hydrogen-bond acceptors (Lipinski definition) is 6. The van der Waals surface area contributed by atoms with Crippen LogP contribution in [0.4, 0.5) is 14.5 Å². The molecule has 0 aliphatic carbocycles. The lowest BCUT2D eigenvalue weighted by atomic mass is 10.1. The summed E-state index contributed by atoms with van der Waals surface area (Å²) in [5.74, 6) is -0.443. The van der Waals surface area contributed by atoms with Crippen molar-refractivity contribution in [3.63, 3.8) is 0 Å². The summed E-state index contributed by atoms with van der Waals surface area (Å²) < 4.78 is 28.6. The molecule has 4 rings (SSSR count). The van der Waals surface area contributed by atoms with Crippen LogP contribution in [0.2, 0.25) is 0 Å². The summed E-state index contributed by atoms with van der Waals surface area (Å²) in [5.41, 5.74) is 1.97. The number of nitrogens with zero attached hydrogens (tertiary/aromatic N) is 5. The van der Waals surface area contributed by atoms with Gasteiger partial charge in [-0.2, -0.15) is 0 Å². The van der Waals surface area contributed by atoms with Gasteiger partial charge in [0.25, 0.3) is 5.91 Å². The average molecular weight is 435 g/mol. The maximum absolute atomic E-state index is 13.8. The SMILES string of the molecule is Cn1c(CNc2cccc(C(=O)NCc3ccc(F)cc3F)c2)nnc1-c1ccncn1. The molecule has 2 N–H and O–H groups in total. The van der Waals surface area contributed by atoms with Crippen molar-refractivity contribution < 1.29 is 13.6 Å². The third-order valence-electron chi connectivity index (χ3n) is 4.81. The van der Waals surface area contributed by atoms with Crippen molar-refractivity contribution in [1.82, 2.24) is 30.0 Å². The van der Waals surface area contributed by atoms with Crippen LogP contribution in [-0.4, -0.2) is 30.6 Å². The second kappa shape index (κ2) is 9.29. The number of halogens is 2. The molecular formula is C22H19F2N7O. The fourth-order valence-electron chi connectivity index (χ4n) is 3.06. The van der Waals surface area contributed by atoms with Gasteiger partial charge in [-0.1, -0.05) is 12.1 Å². The topological polar surface area (TPSA) is 97.6 Å². The zero-order chi connectivity index (χ0) is 22.5. The summed E-state index contributed by atoms with van der Waals surface area (Å²) in [7, 11) is 1.84. The third kappa shape index (κ3) is 4.75. The highest BCUT2D eigenvalue weighted by atomic mass is 19.1. The summed E-state index contributed by atoms with van der Waals surface area (Å²) >= 11 is 0. The first kappa shape index (κ1) is 21.0. The minimum Gasteiger partial charge on any atom is -0.378 e. The lowest BCUT2D eigenvalue weighted by molar-refractivity contribution is 0.0950. The van der Waals surface area contributed by atoms with Crippen molar-refractivity contribution in [2.24, 2.45) is 7.05 Å². The fraction of sp³-hybridized carbons (Fsp3) is 0.136. The van der Waals surface area contributed by atoms with Gasteiger partial charge in [0.15, 0.2) is 11.6 Å². The first-order valence-corrected chi connectivity index (χ1v) is 9.72. The van der Waals surface area contributed by atoms with E-state index in [1.54, 1.807) is 30.5 Å². The van der Waals surface area contributed by atoms with Crippen LogP contribution in [0.25, 0.3) is 11.5 Å². The lowest BCUT2D eigenvalue weighted by Crippen LogP contribution is -2.23. The van der Waals surface area contributed by atoms with Crippen molar-refractivity contribution in [2.45, 2.75) is 13.1 Å². The summed E-state index contributed by atoms with van der Waals surface area (Å²) in [6, 6.07) is 11.9. The predicted octanol–water partition coefficient (Wildman–Crippen LogP) is 3.09.